The smallest absolute Gasteiger partial charge is 0.339 e. The van der Waals surface area contributed by atoms with E-state index in [9.17, 15) is 23.5 Å². The topological polar surface area (TPSA) is 86.9 Å². The molecule has 26 heavy (non-hydrogen) atoms. The average Bonchev–Trinajstić information content (AvgIpc) is 3.05. The molecule has 7 nitrogen and oxygen atoms in total. The number of carbonyl (C=O) groups is 2. The maximum atomic E-state index is 13.7. The molecule has 0 unspecified atom stereocenters. The van der Waals surface area contributed by atoms with Gasteiger partial charge < -0.3 is 19.3 Å². The van der Waals surface area contributed by atoms with E-state index in [-0.39, 0.29) is 43.3 Å². The van der Waals surface area contributed by atoms with Crippen LogP contribution in [-0.2, 0) is 4.79 Å². The molecule has 138 valence electrons. The highest BCUT2D eigenvalue weighted by Gasteiger charge is 2.41. The first-order valence-corrected chi connectivity index (χ1v) is 7.99. The molecule has 0 spiro atoms. The number of nitrogens with zero attached hydrogens (tertiary/aromatic N) is 3. The second-order valence-electron chi connectivity index (χ2n) is 5.93. The van der Waals surface area contributed by atoms with Crippen LogP contribution in [0.1, 0.15) is 16.8 Å². The van der Waals surface area contributed by atoms with Gasteiger partial charge in [0.2, 0.25) is 0 Å². The second kappa shape index (κ2) is 6.74. The van der Waals surface area contributed by atoms with E-state index in [0.717, 1.165) is 11.0 Å². The van der Waals surface area contributed by atoms with Gasteiger partial charge in [-0.05, 0) is 12.1 Å². The third-order valence-electron chi connectivity index (χ3n) is 4.19. The number of alkyl halides is 2. The maximum Gasteiger partial charge on any atom is 0.339 e. The number of aromatic carboxylic acids is 1. The van der Waals surface area contributed by atoms with E-state index >= 15 is 0 Å². The summed E-state index contributed by atoms with van der Waals surface area (Å²) in [6.45, 7) is 3.94. The summed E-state index contributed by atoms with van der Waals surface area (Å²) in [7, 11) is 0. The van der Waals surface area contributed by atoms with E-state index in [2.05, 4.69) is 11.6 Å². The SMILES string of the molecule is C=CCC(F)(F)C(=O)N1CCN(c2nc3cccc(C(=O)O)c3o2)CC1. The van der Waals surface area contributed by atoms with Crippen LogP contribution in [0.15, 0.2) is 35.3 Å². The Hall–Kier alpha value is -2.97. The van der Waals surface area contributed by atoms with Gasteiger partial charge in [0.05, 0.1) is 0 Å². The predicted molar refractivity (Wildman–Crippen MR) is 89.5 cm³/mol. The van der Waals surface area contributed by atoms with Gasteiger partial charge in [-0.2, -0.15) is 13.8 Å². The molecule has 1 aliphatic rings. The number of para-hydroxylation sites is 1. The van der Waals surface area contributed by atoms with E-state index < -0.39 is 24.2 Å². The van der Waals surface area contributed by atoms with Crippen molar-refractivity contribution in [1.29, 1.82) is 0 Å². The molecule has 0 atom stereocenters. The van der Waals surface area contributed by atoms with Crippen LogP contribution < -0.4 is 4.90 Å². The van der Waals surface area contributed by atoms with Crippen molar-refractivity contribution in [3.63, 3.8) is 0 Å². The maximum absolute atomic E-state index is 13.7. The van der Waals surface area contributed by atoms with Gasteiger partial charge in [0.15, 0.2) is 5.58 Å². The number of aromatic nitrogens is 1. The van der Waals surface area contributed by atoms with Crippen LogP contribution in [0.25, 0.3) is 11.1 Å². The largest absolute Gasteiger partial charge is 0.478 e. The number of fused-ring (bicyclic) bond motifs is 1. The number of amides is 1. The third kappa shape index (κ3) is 3.24. The molecule has 1 fully saturated rings. The first-order chi connectivity index (χ1) is 12.3. The molecule has 3 rings (SSSR count). The lowest BCUT2D eigenvalue weighted by atomic mass is 10.2. The van der Waals surface area contributed by atoms with Crippen LogP contribution in [0.3, 0.4) is 0 Å². The Morgan fingerprint density at radius 3 is 2.62 bits per heavy atom. The number of halogens is 2. The predicted octanol–water partition coefficient (Wildman–Crippen LogP) is 2.39. The second-order valence-corrected chi connectivity index (χ2v) is 5.93. The molecule has 1 aliphatic heterocycles. The van der Waals surface area contributed by atoms with E-state index in [0.29, 0.717) is 5.52 Å². The van der Waals surface area contributed by atoms with Crippen molar-refractivity contribution in [3.05, 3.63) is 36.4 Å². The van der Waals surface area contributed by atoms with Gasteiger partial charge >= 0.3 is 11.9 Å². The number of anilines is 1. The first-order valence-electron chi connectivity index (χ1n) is 7.99. The molecule has 1 N–H and O–H groups in total. The highest BCUT2D eigenvalue weighted by Crippen LogP contribution is 2.27. The lowest BCUT2D eigenvalue weighted by Gasteiger charge is -2.35. The first kappa shape index (κ1) is 17.8. The number of carbonyl (C=O) groups excluding carboxylic acids is 1. The lowest BCUT2D eigenvalue weighted by molar-refractivity contribution is -0.157. The van der Waals surface area contributed by atoms with E-state index in [1.165, 1.54) is 6.07 Å². The van der Waals surface area contributed by atoms with Gasteiger partial charge in [0.25, 0.3) is 11.9 Å². The average molecular weight is 365 g/mol. The minimum Gasteiger partial charge on any atom is -0.478 e. The number of allylic oxidation sites excluding steroid dienone is 1. The van der Waals surface area contributed by atoms with Crippen molar-refractivity contribution in [1.82, 2.24) is 9.88 Å². The third-order valence-corrected chi connectivity index (χ3v) is 4.19. The molecule has 1 aromatic heterocycles. The number of oxazole rings is 1. The van der Waals surface area contributed by atoms with E-state index in [4.69, 9.17) is 4.42 Å². The molecular weight excluding hydrogens is 348 g/mol. The molecule has 2 aromatic rings. The molecule has 1 saturated heterocycles. The van der Waals surface area contributed by atoms with Crippen molar-refractivity contribution in [2.24, 2.45) is 0 Å². The number of hydrogen-bond acceptors (Lipinski definition) is 5. The Morgan fingerprint density at radius 1 is 1.31 bits per heavy atom. The highest BCUT2D eigenvalue weighted by molar-refractivity contribution is 6.00. The molecule has 2 heterocycles. The van der Waals surface area contributed by atoms with Crippen molar-refractivity contribution in [3.8, 4) is 0 Å². The lowest BCUT2D eigenvalue weighted by Crippen LogP contribution is -2.53. The molecular formula is C17H17F2N3O4. The molecule has 9 heteroatoms. The Kier molecular flexibility index (Phi) is 4.62. The minimum atomic E-state index is -3.46. The fourth-order valence-electron chi connectivity index (χ4n) is 2.84. The van der Waals surface area contributed by atoms with Gasteiger partial charge in [0.1, 0.15) is 11.1 Å². The zero-order chi connectivity index (χ0) is 18.9. The van der Waals surface area contributed by atoms with Crippen LogP contribution in [0.5, 0.6) is 0 Å². The molecule has 0 bridgehead atoms. The van der Waals surface area contributed by atoms with E-state index in [1.54, 1.807) is 17.0 Å². The Bertz CT molecular complexity index is 857. The standard InChI is InChI=1S/C17H17F2N3O4/c1-2-6-17(18,19)15(25)21-7-9-22(10-8-21)16-20-12-5-3-4-11(14(23)24)13(12)26-16/h2-5H,1,6-10H2,(H,23,24). The van der Waals surface area contributed by atoms with Crippen LogP contribution in [0.2, 0.25) is 0 Å². The van der Waals surface area contributed by atoms with Gasteiger partial charge in [0, 0.05) is 32.6 Å². The number of carboxylic acid groups (broad SMARTS) is 1. The number of hydrogen-bond donors (Lipinski definition) is 1. The van der Waals surface area contributed by atoms with Crippen LogP contribution in [-0.4, -0.2) is 59.0 Å². The summed E-state index contributed by atoms with van der Waals surface area (Å²) in [6, 6.07) is 4.82. The summed E-state index contributed by atoms with van der Waals surface area (Å²) < 4.78 is 33.0. The summed E-state index contributed by atoms with van der Waals surface area (Å²) in [4.78, 5) is 30.2. The number of rotatable bonds is 5. The summed E-state index contributed by atoms with van der Waals surface area (Å²) in [5.41, 5.74) is 0.557. The van der Waals surface area contributed by atoms with Crippen molar-refractivity contribution < 1.29 is 27.9 Å². The minimum absolute atomic E-state index is 0.000805. The Balaban J connectivity index is 1.73. The molecule has 1 aromatic carbocycles. The van der Waals surface area contributed by atoms with Crippen LogP contribution >= 0.6 is 0 Å². The summed E-state index contributed by atoms with van der Waals surface area (Å²) in [5, 5.41) is 9.19. The fourth-order valence-corrected chi connectivity index (χ4v) is 2.84. The number of carboxylic acids is 1. The van der Waals surface area contributed by atoms with Gasteiger partial charge in [-0.3, -0.25) is 4.79 Å². The zero-order valence-corrected chi connectivity index (χ0v) is 13.8. The quantitative estimate of drug-likeness (QED) is 0.819. The monoisotopic (exact) mass is 365 g/mol. The molecule has 1 amide bonds. The highest BCUT2D eigenvalue weighted by atomic mass is 19.3. The summed E-state index contributed by atoms with van der Waals surface area (Å²) in [6.07, 6.45) is 0.321. The fraction of sp³-hybridized carbons (Fsp3) is 0.353. The molecule has 0 saturated carbocycles. The zero-order valence-electron chi connectivity index (χ0n) is 13.8. The molecule has 0 radical (unpaired) electrons. The Morgan fingerprint density at radius 2 is 2.00 bits per heavy atom. The van der Waals surface area contributed by atoms with Gasteiger partial charge in [-0.1, -0.05) is 12.1 Å². The summed E-state index contributed by atoms with van der Waals surface area (Å²) in [5.74, 6) is -5.81. The molecule has 0 aliphatic carbocycles. The normalized spacial score (nSPS) is 15.3. The summed E-state index contributed by atoms with van der Waals surface area (Å²) >= 11 is 0. The number of benzene rings is 1. The van der Waals surface area contributed by atoms with Crippen molar-refractivity contribution in [2.75, 3.05) is 31.1 Å². The van der Waals surface area contributed by atoms with Crippen molar-refractivity contribution in [2.45, 2.75) is 12.3 Å². The Labute approximate surface area is 147 Å². The van der Waals surface area contributed by atoms with E-state index in [1.807, 2.05) is 0 Å². The van der Waals surface area contributed by atoms with Gasteiger partial charge in [-0.15, -0.1) is 6.58 Å². The number of piperazine rings is 1. The van der Waals surface area contributed by atoms with Crippen LogP contribution in [0.4, 0.5) is 14.8 Å². The van der Waals surface area contributed by atoms with Crippen molar-refractivity contribution >= 4 is 29.0 Å². The van der Waals surface area contributed by atoms with Crippen LogP contribution in [0, 0.1) is 0 Å². The van der Waals surface area contributed by atoms with Gasteiger partial charge in [-0.25, -0.2) is 4.79 Å².